The summed E-state index contributed by atoms with van der Waals surface area (Å²) < 4.78 is 18.5. The molecule has 0 bridgehead atoms. The minimum Gasteiger partial charge on any atom is -0.496 e. The van der Waals surface area contributed by atoms with Crippen LogP contribution in [0.15, 0.2) is 12.1 Å². The molecule has 1 unspecified atom stereocenters. The van der Waals surface area contributed by atoms with Gasteiger partial charge in [0.2, 0.25) is 0 Å². The third-order valence-corrected chi connectivity index (χ3v) is 2.16. The van der Waals surface area contributed by atoms with Crippen LogP contribution in [0, 0.1) is 5.82 Å². The van der Waals surface area contributed by atoms with Crippen LogP contribution in [0.5, 0.6) is 5.75 Å². The standard InChI is InChI=1S/C10H12ClFO2/c1-6(13)5-7-9(14-2)4-3-8(11)10(7)12/h3-4,6,13H,5H2,1-2H3. The number of aliphatic hydroxyl groups excluding tert-OH is 1. The molecule has 0 aromatic heterocycles. The largest absolute Gasteiger partial charge is 0.496 e. The lowest BCUT2D eigenvalue weighted by Crippen LogP contribution is -2.08. The smallest absolute Gasteiger partial charge is 0.148 e. The van der Waals surface area contributed by atoms with Crippen molar-refractivity contribution in [3.8, 4) is 5.75 Å². The van der Waals surface area contributed by atoms with Gasteiger partial charge in [-0.15, -0.1) is 0 Å². The molecule has 78 valence electrons. The number of aliphatic hydroxyl groups is 1. The maximum absolute atomic E-state index is 13.5. The van der Waals surface area contributed by atoms with Gasteiger partial charge in [-0.05, 0) is 19.1 Å². The van der Waals surface area contributed by atoms with Gasteiger partial charge in [-0.25, -0.2) is 4.39 Å². The normalized spacial score (nSPS) is 12.6. The molecule has 0 saturated carbocycles. The third-order valence-electron chi connectivity index (χ3n) is 1.87. The van der Waals surface area contributed by atoms with Crippen LogP contribution in [0.25, 0.3) is 0 Å². The average Bonchev–Trinajstić information content (AvgIpc) is 2.13. The average molecular weight is 219 g/mol. The first-order valence-electron chi connectivity index (χ1n) is 4.25. The van der Waals surface area contributed by atoms with Crippen molar-refractivity contribution >= 4 is 11.6 Å². The minimum atomic E-state index is -0.628. The lowest BCUT2D eigenvalue weighted by Gasteiger charge is -2.11. The quantitative estimate of drug-likeness (QED) is 0.844. The van der Waals surface area contributed by atoms with Crippen molar-refractivity contribution in [2.24, 2.45) is 0 Å². The molecule has 0 radical (unpaired) electrons. The Bertz CT molecular complexity index is 326. The Morgan fingerprint density at radius 2 is 2.21 bits per heavy atom. The lowest BCUT2D eigenvalue weighted by atomic mass is 10.1. The molecule has 1 aromatic carbocycles. The second-order valence-electron chi connectivity index (χ2n) is 3.10. The number of ether oxygens (including phenoxy) is 1. The predicted molar refractivity (Wildman–Crippen MR) is 53.3 cm³/mol. The van der Waals surface area contributed by atoms with Gasteiger partial charge in [-0.3, -0.25) is 0 Å². The number of hydrogen-bond donors (Lipinski definition) is 1. The molecule has 0 amide bonds. The molecule has 0 aliphatic rings. The van der Waals surface area contributed by atoms with Gasteiger partial charge >= 0.3 is 0 Å². The van der Waals surface area contributed by atoms with Gasteiger partial charge in [0.25, 0.3) is 0 Å². The highest BCUT2D eigenvalue weighted by Gasteiger charge is 2.14. The van der Waals surface area contributed by atoms with Crippen LogP contribution in [0.3, 0.4) is 0 Å². The topological polar surface area (TPSA) is 29.5 Å². The zero-order valence-electron chi connectivity index (χ0n) is 8.05. The Balaban J connectivity index is 3.14. The highest BCUT2D eigenvalue weighted by molar-refractivity contribution is 6.30. The molecule has 1 N–H and O–H groups in total. The van der Waals surface area contributed by atoms with E-state index in [-0.39, 0.29) is 11.4 Å². The number of rotatable bonds is 3. The van der Waals surface area contributed by atoms with Gasteiger partial charge in [0.05, 0.1) is 18.2 Å². The predicted octanol–water partition coefficient (Wildman–Crippen LogP) is 2.41. The van der Waals surface area contributed by atoms with Crippen molar-refractivity contribution < 1.29 is 14.2 Å². The van der Waals surface area contributed by atoms with Crippen LogP contribution in [-0.4, -0.2) is 18.3 Å². The van der Waals surface area contributed by atoms with E-state index in [1.807, 2.05) is 0 Å². The molecule has 1 atom stereocenters. The fourth-order valence-electron chi connectivity index (χ4n) is 1.25. The van der Waals surface area contributed by atoms with Crippen molar-refractivity contribution in [1.82, 2.24) is 0 Å². The summed E-state index contributed by atoms with van der Waals surface area (Å²) in [6.07, 6.45) is -0.438. The molecule has 0 aliphatic heterocycles. The number of hydrogen-bond acceptors (Lipinski definition) is 2. The second-order valence-corrected chi connectivity index (χ2v) is 3.50. The zero-order valence-corrected chi connectivity index (χ0v) is 8.81. The van der Waals surface area contributed by atoms with E-state index >= 15 is 0 Å². The summed E-state index contributed by atoms with van der Waals surface area (Å²) in [4.78, 5) is 0. The van der Waals surface area contributed by atoms with E-state index in [0.29, 0.717) is 11.3 Å². The Morgan fingerprint density at radius 1 is 1.57 bits per heavy atom. The molecule has 0 aliphatic carbocycles. The van der Waals surface area contributed by atoms with Crippen LogP contribution >= 0.6 is 11.6 Å². The first-order chi connectivity index (χ1) is 6.56. The Morgan fingerprint density at radius 3 is 2.71 bits per heavy atom. The third kappa shape index (κ3) is 2.36. The van der Waals surface area contributed by atoms with Crippen molar-refractivity contribution in [2.45, 2.75) is 19.4 Å². The highest BCUT2D eigenvalue weighted by Crippen LogP contribution is 2.28. The van der Waals surface area contributed by atoms with Crippen LogP contribution in [-0.2, 0) is 6.42 Å². The molecule has 1 rings (SSSR count). The van der Waals surface area contributed by atoms with Gasteiger partial charge in [0.1, 0.15) is 11.6 Å². The molecule has 14 heavy (non-hydrogen) atoms. The maximum Gasteiger partial charge on any atom is 0.148 e. The van der Waals surface area contributed by atoms with E-state index in [2.05, 4.69) is 0 Å². The molecule has 0 fully saturated rings. The second kappa shape index (κ2) is 4.62. The van der Waals surface area contributed by atoms with E-state index in [4.69, 9.17) is 16.3 Å². The summed E-state index contributed by atoms with van der Waals surface area (Å²) in [5.74, 6) is -0.111. The van der Waals surface area contributed by atoms with Gasteiger partial charge < -0.3 is 9.84 Å². The van der Waals surface area contributed by atoms with E-state index in [9.17, 15) is 9.50 Å². The van der Waals surface area contributed by atoms with E-state index in [1.165, 1.54) is 13.2 Å². The Hall–Kier alpha value is -0.800. The fourth-order valence-corrected chi connectivity index (χ4v) is 1.43. The van der Waals surface area contributed by atoms with Crippen LogP contribution in [0.2, 0.25) is 5.02 Å². The zero-order chi connectivity index (χ0) is 10.7. The molecule has 0 saturated heterocycles. The molecule has 2 nitrogen and oxygen atoms in total. The van der Waals surface area contributed by atoms with E-state index < -0.39 is 11.9 Å². The van der Waals surface area contributed by atoms with Crippen molar-refractivity contribution in [3.05, 3.63) is 28.5 Å². The molecule has 0 spiro atoms. The summed E-state index contributed by atoms with van der Waals surface area (Å²) in [7, 11) is 1.45. The monoisotopic (exact) mass is 218 g/mol. The van der Waals surface area contributed by atoms with Gasteiger partial charge in [-0.2, -0.15) is 0 Å². The summed E-state index contributed by atoms with van der Waals surface area (Å²) in [6.45, 7) is 1.58. The van der Waals surface area contributed by atoms with Crippen LogP contribution in [0.4, 0.5) is 4.39 Å². The number of methoxy groups -OCH3 is 1. The first kappa shape index (κ1) is 11.3. The minimum absolute atomic E-state index is 0.0430. The summed E-state index contributed by atoms with van der Waals surface area (Å²) >= 11 is 5.61. The van der Waals surface area contributed by atoms with Gasteiger partial charge in [-0.1, -0.05) is 11.6 Å². The molecular formula is C10H12ClFO2. The molecule has 4 heteroatoms. The SMILES string of the molecule is COc1ccc(Cl)c(F)c1CC(C)O. The van der Waals surface area contributed by atoms with Crippen molar-refractivity contribution in [2.75, 3.05) is 7.11 Å². The fraction of sp³-hybridized carbons (Fsp3) is 0.400. The Kier molecular flexibility index (Phi) is 3.72. The van der Waals surface area contributed by atoms with E-state index in [1.54, 1.807) is 13.0 Å². The number of benzene rings is 1. The lowest BCUT2D eigenvalue weighted by molar-refractivity contribution is 0.192. The Labute approximate surface area is 87.3 Å². The van der Waals surface area contributed by atoms with Gasteiger partial charge in [0, 0.05) is 12.0 Å². The molecule has 1 aromatic rings. The van der Waals surface area contributed by atoms with Crippen LogP contribution in [0.1, 0.15) is 12.5 Å². The van der Waals surface area contributed by atoms with Crippen molar-refractivity contribution in [1.29, 1.82) is 0 Å². The van der Waals surface area contributed by atoms with Crippen molar-refractivity contribution in [3.63, 3.8) is 0 Å². The molecule has 0 heterocycles. The highest BCUT2D eigenvalue weighted by atomic mass is 35.5. The number of halogens is 2. The van der Waals surface area contributed by atoms with E-state index in [0.717, 1.165) is 0 Å². The summed E-state index contributed by atoms with van der Waals surface area (Å²) in [5.41, 5.74) is 0.315. The van der Waals surface area contributed by atoms with Gasteiger partial charge in [0.15, 0.2) is 0 Å². The van der Waals surface area contributed by atoms with Crippen LogP contribution < -0.4 is 4.74 Å². The summed E-state index contributed by atoms with van der Waals surface area (Å²) in [5, 5.41) is 9.22. The maximum atomic E-state index is 13.5. The first-order valence-corrected chi connectivity index (χ1v) is 4.63. The molecular weight excluding hydrogens is 207 g/mol. The summed E-state index contributed by atoms with van der Waals surface area (Å²) in [6, 6.07) is 3.02.